The second-order valence-corrected chi connectivity index (χ2v) is 19.1. The Morgan fingerprint density at radius 1 is 1.02 bits per heavy atom. The number of benzene rings is 3. The van der Waals surface area contributed by atoms with Crippen molar-refractivity contribution in [3.63, 3.8) is 0 Å². The number of piperazine rings is 1. The number of pyridine rings is 1. The number of likely N-dealkylation sites (tertiary alicyclic amines) is 1. The van der Waals surface area contributed by atoms with Crippen LogP contribution in [0.2, 0.25) is 5.02 Å². The van der Waals surface area contributed by atoms with Crippen molar-refractivity contribution in [2.45, 2.75) is 57.4 Å². The summed E-state index contributed by atoms with van der Waals surface area (Å²) in [7, 11) is -4.60. The van der Waals surface area contributed by atoms with Gasteiger partial charge >= 0.3 is 0 Å². The average molecular weight is 881 g/mol. The van der Waals surface area contributed by atoms with Crippen molar-refractivity contribution in [2.24, 2.45) is 5.41 Å². The first-order valence-electron chi connectivity index (χ1n) is 20.7. The van der Waals surface area contributed by atoms with Gasteiger partial charge in [0.2, 0.25) is 5.91 Å². The standard InChI is InChI=1S/C45H49ClN8O7S/c1-29(55)53-17-14-34(28-53)49-40-11-9-37(24-41(40)54(57)58)62(59,60)50-44(56)38-10-8-35(23-42(38)61-36-22-31-13-16-47-43(31)48-26-36)52-20-18-51(19-21-52)27-32-12-15-45(2,3)25-39(32)30-4-6-33(46)7-5-30/h4-11,13,16,22-24,26,34,49H,12,14-15,17-21,25,27-28H2,1-3H3,(H,47,48)(H,50,56)/t34-/m1/s1. The number of anilines is 2. The lowest BCUT2D eigenvalue weighted by Gasteiger charge is -2.39. The van der Waals surface area contributed by atoms with E-state index in [4.69, 9.17) is 16.3 Å². The zero-order valence-electron chi connectivity index (χ0n) is 34.8. The number of nitrogens with one attached hydrogen (secondary N) is 3. The van der Waals surface area contributed by atoms with Crippen molar-refractivity contribution in [2.75, 3.05) is 56.0 Å². The van der Waals surface area contributed by atoms with Crippen LogP contribution in [0.1, 0.15) is 62.4 Å². The van der Waals surface area contributed by atoms with Gasteiger partial charge in [0.15, 0.2) is 0 Å². The molecule has 3 aromatic carbocycles. The number of aromatic amines is 1. The first kappa shape index (κ1) is 42.7. The lowest BCUT2D eigenvalue weighted by molar-refractivity contribution is -0.384. The van der Waals surface area contributed by atoms with E-state index in [2.05, 4.69) is 55.8 Å². The SMILES string of the molecule is CC(=O)N1CC[C@@H](Nc2ccc(S(=O)(=O)NC(=O)c3ccc(N4CCN(CC5=C(c6ccc(Cl)cc6)CC(C)(C)CC5)CC4)cc3Oc3cnc4[nH]ccc4c3)cc2[N+](=O)[O-])C1. The Bertz CT molecular complexity index is 2680. The van der Waals surface area contributed by atoms with Gasteiger partial charge in [-0.25, -0.2) is 18.1 Å². The number of hydrogen-bond donors (Lipinski definition) is 3. The number of hydrogen-bond acceptors (Lipinski definition) is 11. The predicted molar refractivity (Wildman–Crippen MR) is 239 cm³/mol. The number of nitro groups is 1. The van der Waals surface area contributed by atoms with E-state index in [-0.39, 0.29) is 34.4 Å². The van der Waals surface area contributed by atoms with Gasteiger partial charge in [0.1, 0.15) is 22.8 Å². The minimum absolute atomic E-state index is 0.0592. The monoisotopic (exact) mass is 880 g/mol. The Balaban J connectivity index is 1.01. The van der Waals surface area contributed by atoms with Crippen LogP contribution in [0.5, 0.6) is 11.5 Å². The summed E-state index contributed by atoms with van der Waals surface area (Å²) in [5.41, 5.74) is 5.31. The highest BCUT2D eigenvalue weighted by Crippen LogP contribution is 2.43. The maximum absolute atomic E-state index is 13.9. The fraction of sp³-hybridized carbons (Fsp3) is 0.356. The lowest BCUT2D eigenvalue weighted by atomic mass is 9.72. The molecule has 15 nitrogen and oxygen atoms in total. The first-order chi connectivity index (χ1) is 29.6. The van der Waals surface area contributed by atoms with Gasteiger partial charge in [-0.15, -0.1) is 0 Å². The van der Waals surface area contributed by atoms with Crippen molar-refractivity contribution in [3.8, 4) is 11.5 Å². The molecule has 17 heteroatoms. The van der Waals surface area contributed by atoms with E-state index in [0.717, 1.165) is 61.1 Å². The van der Waals surface area contributed by atoms with Crippen LogP contribution in [0.15, 0.2) is 95.7 Å². The minimum Gasteiger partial charge on any atom is -0.455 e. The molecular formula is C45H49ClN8O7S. The second kappa shape index (κ2) is 17.4. The van der Waals surface area contributed by atoms with E-state index in [1.807, 2.05) is 18.2 Å². The molecule has 2 saturated heterocycles. The molecule has 0 saturated carbocycles. The third kappa shape index (κ3) is 9.57. The number of nitro benzene ring substituents is 1. The number of H-pyrrole nitrogens is 1. The highest BCUT2D eigenvalue weighted by atomic mass is 35.5. The summed E-state index contributed by atoms with van der Waals surface area (Å²) in [5.74, 6) is -0.631. The molecule has 1 atom stereocenters. The summed E-state index contributed by atoms with van der Waals surface area (Å²) >= 11 is 6.24. The molecule has 0 bridgehead atoms. The van der Waals surface area contributed by atoms with Crippen molar-refractivity contribution in [3.05, 3.63) is 117 Å². The molecule has 2 aromatic heterocycles. The summed E-state index contributed by atoms with van der Waals surface area (Å²) in [6.07, 6.45) is 7.01. The molecule has 2 aliphatic heterocycles. The van der Waals surface area contributed by atoms with Gasteiger partial charge in [-0.3, -0.25) is 24.6 Å². The number of ether oxygens (including phenoxy) is 1. The van der Waals surface area contributed by atoms with Gasteiger partial charge < -0.3 is 24.8 Å². The third-order valence-electron chi connectivity index (χ3n) is 12.0. The molecule has 0 radical (unpaired) electrons. The van der Waals surface area contributed by atoms with Crippen LogP contribution in [0, 0.1) is 15.5 Å². The summed E-state index contributed by atoms with van der Waals surface area (Å²) in [6, 6.07) is 19.9. The molecule has 4 heterocycles. The number of halogens is 1. The number of sulfonamides is 1. The van der Waals surface area contributed by atoms with Gasteiger partial charge in [0, 0.05) is 93.2 Å². The zero-order valence-corrected chi connectivity index (χ0v) is 36.4. The van der Waals surface area contributed by atoms with Gasteiger partial charge in [-0.1, -0.05) is 43.2 Å². The highest BCUT2D eigenvalue weighted by molar-refractivity contribution is 7.90. The fourth-order valence-electron chi connectivity index (χ4n) is 8.55. The quantitative estimate of drug-likeness (QED) is 0.0820. The topological polar surface area (TPSA) is 183 Å². The molecule has 2 amide bonds. The Kier molecular flexibility index (Phi) is 12.0. The van der Waals surface area contributed by atoms with E-state index < -0.39 is 31.4 Å². The summed E-state index contributed by atoms with van der Waals surface area (Å²) in [5, 5.41) is 16.7. The van der Waals surface area contributed by atoms with Crippen LogP contribution in [-0.2, 0) is 14.8 Å². The number of aromatic nitrogens is 2. The number of amides is 2. The molecule has 5 aromatic rings. The van der Waals surface area contributed by atoms with E-state index >= 15 is 0 Å². The molecule has 3 aliphatic rings. The average Bonchev–Trinajstić information content (AvgIpc) is 3.92. The van der Waals surface area contributed by atoms with Crippen LogP contribution in [0.4, 0.5) is 17.1 Å². The van der Waals surface area contributed by atoms with Crippen molar-refractivity contribution >= 4 is 67.1 Å². The van der Waals surface area contributed by atoms with Gasteiger partial charge in [0.25, 0.3) is 21.6 Å². The third-order valence-corrected chi connectivity index (χ3v) is 13.6. The van der Waals surface area contributed by atoms with E-state index in [1.54, 1.807) is 29.3 Å². The number of carbonyl (C=O) groups is 2. The zero-order chi connectivity index (χ0) is 43.8. The maximum atomic E-state index is 13.9. The molecule has 324 valence electrons. The molecule has 1 aliphatic carbocycles. The smallest absolute Gasteiger partial charge is 0.293 e. The number of allylic oxidation sites excluding steroid dienone is 1. The van der Waals surface area contributed by atoms with Gasteiger partial charge in [-0.2, -0.15) is 0 Å². The number of carbonyl (C=O) groups excluding carboxylic acids is 2. The Morgan fingerprint density at radius 2 is 1.79 bits per heavy atom. The second-order valence-electron chi connectivity index (χ2n) is 17.0. The molecule has 0 spiro atoms. The predicted octanol–water partition coefficient (Wildman–Crippen LogP) is 7.85. The molecule has 62 heavy (non-hydrogen) atoms. The number of fused-ring (bicyclic) bond motifs is 1. The maximum Gasteiger partial charge on any atom is 0.293 e. The number of nitrogens with zero attached hydrogens (tertiary/aromatic N) is 5. The minimum atomic E-state index is -4.60. The highest BCUT2D eigenvalue weighted by Gasteiger charge is 2.31. The normalized spacial score (nSPS) is 18.2. The van der Waals surface area contributed by atoms with Crippen LogP contribution in [0.25, 0.3) is 16.6 Å². The summed E-state index contributed by atoms with van der Waals surface area (Å²) in [4.78, 5) is 50.5. The number of rotatable bonds is 12. The Morgan fingerprint density at radius 3 is 2.52 bits per heavy atom. The molecule has 3 N–H and O–H groups in total. The van der Waals surface area contributed by atoms with Gasteiger partial charge in [0.05, 0.1) is 21.6 Å². The van der Waals surface area contributed by atoms with Crippen LogP contribution >= 0.6 is 11.6 Å². The van der Waals surface area contributed by atoms with Gasteiger partial charge in [-0.05, 0) is 90.8 Å². The van der Waals surface area contributed by atoms with E-state index in [9.17, 15) is 28.1 Å². The summed E-state index contributed by atoms with van der Waals surface area (Å²) < 4.78 is 35.8. The first-order valence-corrected chi connectivity index (χ1v) is 22.5. The molecule has 0 unspecified atom stereocenters. The van der Waals surface area contributed by atoms with Crippen LogP contribution in [-0.4, -0.2) is 96.8 Å². The molecule has 8 rings (SSSR count). The van der Waals surface area contributed by atoms with Crippen LogP contribution in [0.3, 0.4) is 0 Å². The Hall–Kier alpha value is -5.97. The summed E-state index contributed by atoms with van der Waals surface area (Å²) in [6.45, 7) is 10.9. The van der Waals surface area contributed by atoms with E-state index in [1.165, 1.54) is 48.0 Å². The molecule has 2 fully saturated rings. The largest absolute Gasteiger partial charge is 0.455 e. The fourth-order valence-corrected chi connectivity index (χ4v) is 9.66. The lowest BCUT2D eigenvalue weighted by Crippen LogP contribution is -2.47. The Labute approximate surface area is 365 Å². The van der Waals surface area contributed by atoms with Crippen molar-refractivity contribution < 1.29 is 27.7 Å². The van der Waals surface area contributed by atoms with E-state index in [0.29, 0.717) is 44.0 Å². The van der Waals surface area contributed by atoms with Crippen molar-refractivity contribution in [1.29, 1.82) is 0 Å². The molecular weight excluding hydrogens is 832 g/mol. The van der Waals surface area contributed by atoms with Crippen molar-refractivity contribution in [1.82, 2.24) is 24.5 Å². The van der Waals surface area contributed by atoms with Crippen LogP contribution < -0.4 is 19.7 Å².